The van der Waals surface area contributed by atoms with Crippen LogP contribution in [0.1, 0.15) is 149 Å². The first kappa shape index (κ1) is 52.4. The van der Waals surface area contributed by atoms with E-state index in [4.69, 9.17) is 18.9 Å². The van der Waals surface area contributed by atoms with Gasteiger partial charge in [-0.2, -0.15) is 0 Å². The molecule has 0 bridgehead atoms. The number of hydrogen-bond acceptors (Lipinski definition) is 9. The zero-order valence-corrected chi connectivity index (χ0v) is 35.6. The van der Waals surface area contributed by atoms with E-state index in [0.717, 1.165) is 77.0 Å². The number of carbonyl (C=O) groups is 1. The second-order valence-electron chi connectivity index (χ2n) is 14.8. The minimum absolute atomic E-state index is 0.117. The molecule has 6 unspecified atom stereocenters. The Morgan fingerprint density at radius 1 is 0.579 bits per heavy atom. The molecule has 0 spiro atoms. The molecule has 1 aliphatic heterocycles. The van der Waals surface area contributed by atoms with Crippen LogP contribution in [0.5, 0.6) is 0 Å². The first-order valence-electron chi connectivity index (χ1n) is 22.2. The van der Waals surface area contributed by atoms with Crippen LogP contribution in [0.3, 0.4) is 0 Å². The molecule has 1 rings (SSSR count). The molecule has 1 saturated heterocycles. The summed E-state index contributed by atoms with van der Waals surface area (Å²) in [6, 6.07) is 0. The number of esters is 1. The molecule has 0 aliphatic carbocycles. The van der Waals surface area contributed by atoms with Crippen LogP contribution in [-0.2, 0) is 23.7 Å². The molecule has 9 nitrogen and oxygen atoms in total. The Bertz CT molecular complexity index is 1140. The van der Waals surface area contributed by atoms with Crippen molar-refractivity contribution in [3.63, 3.8) is 0 Å². The first-order chi connectivity index (χ1) is 27.9. The maximum absolute atomic E-state index is 12.8. The summed E-state index contributed by atoms with van der Waals surface area (Å²) >= 11 is 0. The summed E-state index contributed by atoms with van der Waals surface area (Å²) in [5.41, 5.74) is 0. The van der Waals surface area contributed by atoms with Gasteiger partial charge in [-0.05, 0) is 89.9 Å². The Balaban J connectivity index is 2.32. The van der Waals surface area contributed by atoms with Crippen molar-refractivity contribution >= 4 is 5.97 Å². The Hall–Kier alpha value is -2.63. The lowest BCUT2D eigenvalue weighted by Gasteiger charge is -2.39. The van der Waals surface area contributed by atoms with Crippen LogP contribution in [0.25, 0.3) is 0 Å². The number of ether oxygens (including phenoxy) is 4. The van der Waals surface area contributed by atoms with Crippen molar-refractivity contribution in [2.45, 2.75) is 185 Å². The molecule has 326 valence electrons. The van der Waals surface area contributed by atoms with Crippen LogP contribution in [-0.4, -0.2) is 89.6 Å². The number of aliphatic hydroxyl groups excluding tert-OH is 4. The fourth-order valence-electron chi connectivity index (χ4n) is 6.08. The van der Waals surface area contributed by atoms with Gasteiger partial charge in [0.2, 0.25) is 0 Å². The lowest BCUT2D eigenvalue weighted by molar-refractivity contribution is -0.305. The highest BCUT2D eigenvalue weighted by Crippen LogP contribution is 2.22. The summed E-state index contributed by atoms with van der Waals surface area (Å²) < 4.78 is 22.7. The molecule has 1 fully saturated rings. The van der Waals surface area contributed by atoms with Crippen LogP contribution < -0.4 is 0 Å². The average Bonchev–Trinajstić information content (AvgIpc) is 3.21. The molecule has 1 heterocycles. The van der Waals surface area contributed by atoms with Crippen molar-refractivity contribution in [3.8, 4) is 0 Å². The van der Waals surface area contributed by atoms with Crippen molar-refractivity contribution < 1.29 is 44.2 Å². The van der Waals surface area contributed by atoms with Gasteiger partial charge in [-0.1, -0.05) is 137 Å². The van der Waals surface area contributed by atoms with Gasteiger partial charge < -0.3 is 39.4 Å². The second-order valence-corrected chi connectivity index (χ2v) is 14.8. The van der Waals surface area contributed by atoms with E-state index in [9.17, 15) is 25.2 Å². The van der Waals surface area contributed by atoms with E-state index >= 15 is 0 Å². The van der Waals surface area contributed by atoms with Crippen molar-refractivity contribution in [2.75, 3.05) is 26.4 Å². The quantitative estimate of drug-likeness (QED) is 0.0278. The highest BCUT2D eigenvalue weighted by molar-refractivity contribution is 5.69. The van der Waals surface area contributed by atoms with Gasteiger partial charge in [-0.15, -0.1) is 0 Å². The number of aliphatic hydroxyl groups is 4. The van der Waals surface area contributed by atoms with Gasteiger partial charge in [0.25, 0.3) is 0 Å². The smallest absolute Gasteiger partial charge is 0.306 e. The van der Waals surface area contributed by atoms with Crippen molar-refractivity contribution in [1.82, 2.24) is 0 Å². The molecule has 0 aromatic carbocycles. The summed E-state index contributed by atoms with van der Waals surface area (Å²) in [6.07, 6.45) is 44.6. The molecule has 6 atom stereocenters. The lowest BCUT2D eigenvalue weighted by atomic mass is 9.99. The molecule has 0 radical (unpaired) electrons. The number of allylic oxidation sites excluding steroid dienone is 14. The van der Waals surface area contributed by atoms with Gasteiger partial charge in [-0.25, -0.2) is 0 Å². The maximum Gasteiger partial charge on any atom is 0.306 e. The monoisotopic (exact) mass is 801 g/mol. The Morgan fingerprint density at radius 2 is 1.07 bits per heavy atom. The summed E-state index contributed by atoms with van der Waals surface area (Å²) in [6.45, 7) is 4.33. The van der Waals surface area contributed by atoms with Gasteiger partial charge in [0.1, 0.15) is 30.5 Å². The van der Waals surface area contributed by atoms with Crippen LogP contribution in [0.4, 0.5) is 0 Å². The number of unbranched alkanes of at least 4 members (excludes halogenated alkanes) is 11. The molecular formula is C48H80O9. The topological polar surface area (TPSA) is 135 Å². The van der Waals surface area contributed by atoms with E-state index < -0.39 is 43.4 Å². The molecule has 4 N–H and O–H groups in total. The normalized spacial score (nSPS) is 21.3. The van der Waals surface area contributed by atoms with E-state index in [2.05, 4.69) is 98.9 Å². The number of carbonyl (C=O) groups excluding carboxylic acids is 1. The van der Waals surface area contributed by atoms with E-state index in [1.807, 2.05) is 0 Å². The summed E-state index contributed by atoms with van der Waals surface area (Å²) in [7, 11) is 0. The van der Waals surface area contributed by atoms with Gasteiger partial charge in [0.05, 0.1) is 19.8 Å². The molecule has 57 heavy (non-hydrogen) atoms. The second kappa shape index (κ2) is 38.9. The summed E-state index contributed by atoms with van der Waals surface area (Å²) in [5.74, 6) is -0.362. The summed E-state index contributed by atoms with van der Waals surface area (Å²) in [4.78, 5) is 12.8. The zero-order valence-electron chi connectivity index (χ0n) is 35.6. The third-order valence-corrected chi connectivity index (χ3v) is 9.55. The van der Waals surface area contributed by atoms with Gasteiger partial charge in [-0.3, -0.25) is 4.79 Å². The lowest BCUT2D eigenvalue weighted by Crippen LogP contribution is -2.59. The highest BCUT2D eigenvalue weighted by Gasteiger charge is 2.44. The predicted octanol–water partition coefficient (Wildman–Crippen LogP) is 9.86. The standard InChI is InChI=1S/C48H80O9/c1-3-5-7-9-11-13-15-17-18-19-20-21-22-23-24-25-27-29-31-33-35-37-44(50)56-42(41-55-48-47(53)46(52)45(51)43(39-49)57-48)40-54-38-36-34-32-30-28-26-16-14-12-10-8-6-4-2/h5,7,11-14,17-18,20-21,23-24,27,29,42-43,45-49,51-53H,3-4,6,8-10,15-16,19,22,25-26,28,30-41H2,1-2H3/b7-5-,13-11-,14-12-,18-17-,21-20-,24-23-,29-27-. The maximum atomic E-state index is 12.8. The van der Waals surface area contributed by atoms with E-state index in [1.165, 1.54) is 44.9 Å². The molecule has 1 aliphatic rings. The zero-order chi connectivity index (χ0) is 41.4. The molecule has 0 aromatic rings. The van der Waals surface area contributed by atoms with Crippen LogP contribution in [0.2, 0.25) is 0 Å². The fourth-order valence-corrected chi connectivity index (χ4v) is 6.08. The highest BCUT2D eigenvalue weighted by atomic mass is 16.7. The van der Waals surface area contributed by atoms with Gasteiger partial charge in [0.15, 0.2) is 6.29 Å². The fraction of sp³-hybridized carbons (Fsp3) is 0.688. The molecule has 0 saturated carbocycles. The van der Waals surface area contributed by atoms with E-state index in [1.54, 1.807) is 0 Å². The largest absolute Gasteiger partial charge is 0.457 e. The van der Waals surface area contributed by atoms with Crippen LogP contribution >= 0.6 is 0 Å². The Labute approximate surface area is 346 Å². The number of rotatable bonds is 36. The SMILES string of the molecule is CC/C=C\C/C=C\C/C=C\C/C=C\C/C=C\C/C=C\CCCCC(=O)OC(COCCCCCCCC/C=C\CCCCC)COC1OC(CO)C(O)C(O)C1O. The average molecular weight is 801 g/mol. The minimum atomic E-state index is -1.55. The molecular weight excluding hydrogens is 721 g/mol. The number of hydrogen-bond donors (Lipinski definition) is 4. The van der Waals surface area contributed by atoms with Crippen LogP contribution in [0.15, 0.2) is 85.1 Å². The van der Waals surface area contributed by atoms with Crippen molar-refractivity contribution in [2.24, 2.45) is 0 Å². The van der Waals surface area contributed by atoms with E-state index in [-0.39, 0.29) is 25.6 Å². The Morgan fingerprint density at radius 3 is 1.63 bits per heavy atom. The minimum Gasteiger partial charge on any atom is -0.457 e. The third kappa shape index (κ3) is 30.1. The third-order valence-electron chi connectivity index (χ3n) is 9.55. The first-order valence-corrected chi connectivity index (χ1v) is 22.2. The molecule has 0 aromatic heterocycles. The predicted molar refractivity (Wildman–Crippen MR) is 233 cm³/mol. The molecule has 0 amide bonds. The van der Waals surface area contributed by atoms with Gasteiger partial charge >= 0.3 is 5.97 Å². The summed E-state index contributed by atoms with van der Waals surface area (Å²) in [5, 5.41) is 40.1. The Kier molecular flexibility index (Phi) is 35.7. The van der Waals surface area contributed by atoms with Crippen molar-refractivity contribution in [3.05, 3.63) is 85.1 Å². The molecule has 9 heteroatoms. The van der Waals surface area contributed by atoms with E-state index in [0.29, 0.717) is 13.0 Å². The van der Waals surface area contributed by atoms with Crippen molar-refractivity contribution in [1.29, 1.82) is 0 Å². The van der Waals surface area contributed by atoms with Crippen LogP contribution in [0, 0.1) is 0 Å². The van der Waals surface area contributed by atoms with Gasteiger partial charge in [0, 0.05) is 13.0 Å².